The van der Waals surface area contributed by atoms with Gasteiger partial charge in [0.25, 0.3) is 5.91 Å². The number of aromatic nitrogens is 1. The summed E-state index contributed by atoms with van der Waals surface area (Å²) in [5.41, 5.74) is 1.09. The van der Waals surface area contributed by atoms with Crippen molar-refractivity contribution in [1.29, 1.82) is 0 Å². The van der Waals surface area contributed by atoms with Crippen LogP contribution in [0, 0.1) is 0 Å². The lowest BCUT2D eigenvalue weighted by molar-refractivity contribution is 0.0846. The molecule has 1 aromatic carbocycles. The Kier molecular flexibility index (Phi) is 7.35. The molecule has 1 aromatic heterocycles. The Morgan fingerprint density at radius 2 is 1.72 bits per heavy atom. The molecule has 32 heavy (non-hydrogen) atoms. The van der Waals surface area contributed by atoms with Gasteiger partial charge in [-0.3, -0.25) is 4.79 Å². The largest absolute Gasteiger partial charge is 0.416 e. The molecule has 2 amide bonds. The minimum absolute atomic E-state index is 0.168. The van der Waals surface area contributed by atoms with Crippen LogP contribution in [0.15, 0.2) is 48.7 Å². The van der Waals surface area contributed by atoms with Crippen molar-refractivity contribution in [3.8, 4) is 5.88 Å². The third-order valence-corrected chi connectivity index (χ3v) is 10.7. The van der Waals surface area contributed by atoms with E-state index < -0.39 is 14.4 Å². The van der Waals surface area contributed by atoms with Crippen LogP contribution >= 0.6 is 0 Å². The van der Waals surface area contributed by atoms with Crippen molar-refractivity contribution in [2.75, 3.05) is 18.4 Å². The Morgan fingerprint density at radius 3 is 2.28 bits per heavy atom. The summed E-state index contributed by atoms with van der Waals surface area (Å²) in [7, 11) is -1.82. The van der Waals surface area contributed by atoms with E-state index >= 15 is 0 Å². The van der Waals surface area contributed by atoms with E-state index in [9.17, 15) is 9.59 Å². The van der Waals surface area contributed by atoms with Crippen LogP contribution in [-0.4, -0.2) is 49.4 Å². The van der Waals surface area contributed by atoms with Crippen LogP contribution in [0.3, 0.4) is 0 Å². The third kappa shape index (κ3) is 6.17. The van der Waals surface area contributed by atoms with Gasteiger partial charge in [0.05, 0.1) is 11.9 Å². The lowest BCUT2D eigenvalue weighted by Crippen LogP contribution is -2.48. The van der Waals surface area contributed by atoms with E-state index in [0.717, 1.165) is 12.8 Å². The van der Waals surface area contributed by atoms with Crippen molar-refractivity contribution in [2.45, 2.75) is 57.8 Å². The number of rotatable bonds is 5. The van der Waals surface area contributed by atoms with Crippen LogP contribution < -0.4 is 10.1 Å². The molecule has 0 atom stereocenters. The molecule has 1 aliphatic rings. The normalized spacial score (nSPS) is 15.3. The number of piperidine rings is 1. The minimum atomic E-state index is -1.82. The molecule has 7 nitrogen and oxygen atoms in total. The predicted octanol–water partition coefficient (Wildman–Crippen LogP) is 5.32. The van der Waals surface area contributed by atoms with Gasteiger partial charge in [0, 0.05) is 30.8 Å². The quantitative estimate of drug-likeness (QED) is 0.617. The SMILES string of the molecule is CC(C)(C)[Si](C)(C)OC1CCN(C(=O)Oc2ccc(NC(=O)c3ccccc3)cn2)CC1. The second-order valence-electron chi connectivity index (χ2n) is 9.64. The number of nitrogens with one attached hydrogen (secondary N) is 1. The van der Waals surface area contributed by atoms with Gasteiger partial charge in [-0.05, 0) is 49.2 Å². The average Bonchev–Trinajstić information content (AvgIpc) is 2.75. The lowest BCUT2D eigenvalue weighted by atomic mass is 10.1. The summed E-state index contributed by atoms with van der Waals surface area (Å²) in [6.07, 6.45) is 2.86. The molecule has 0 radical (unpaired) electrons. The maximum atomic E-state index is 12.5. The van der Waals surface area contributed by atoms with Crippen LogP contribution in [0.5, 0.6) is 5.88 Å². The fourth-order valence-electron chi connectivity index (χ4n) is 3.21. The molecule has 2 heterocycles. The van der Waals surface area contributed by atoms with Crippen molar-refractivity contribution in [3.63, 3.8) is 0 Å². The highest BCUT2D eigenvalue weighted by atomic mass is 28.4. The van der Waals surface area contributed by atoms with Gasteiger partial charge >= 0.3 is 6.09 Å². The number of nitrogens with zero attached hydrogens (tertiary/aromatic N) is 2. The Morgan fingerprint density at radius 1 is 1.06 bits per heavy atom. The van der Waals surface area contributed by atoms with E-state index in [1.165, 1.54) is 6.20 Å². The first-order valence-corrected chi connectivity index (χ1v) is 13.9. The van der Waals surface area contributed by atoms with Crippen LogP contribution in [0.1, 0.15) is 44.0 Å². The van der Waals surface area contributed by atoms with E-state index in [2.05, 4.69) is 44.2 Å². The summed E-state index contributed by atoms with van der Waals surface area (Å²) in [5, 5.41) is 2.94. The topological polar surface area (TPSA) is 80.8 Å². The standard InChI is InChI=1S/C24H33N3O4Si/c1-24(2,3)32(4,5)31-20-13-15-27(16-14-20)23(29)30-21-12-11-19(17-25-21)26-22(28)18-9-7-6-8-10-18/h6-12,17,20H,13-16H2,1-5H3,(H,26,28). The van der Waals surface area contributed by atoms with Gasteiger partial charge in [-0.1, -0.05) is 39.0 Å². The van der Waals surface area contributed by atoms with Crippen molar-refractivity contribution in [3.05, 3.63) is 54.2 Å². The molecular weight excluding hydrogens is 422 g/mol. The van der Waals surface area contributed by atoms with Crippen molar-refractivity contribution in [2.24, 2.45) is 0 Å². The second kappa shape index (κ2) is 9.83. The molecule has 0 aliphatic carbocycles. The van der Waals surface area contributed by atoms with E-state index in [-0.39, 0.29) is 22.9 Å². The van der Waals surface area contributed by atoms with E-state index in [0.29, 0.717) is 24.3 Å². The number of amides is 2. The van der Waals surface area contributed by atoms with Gasteiger partial charge in [0.2, 0.25) is 5.88 Å². The van der Waals surface area contributed by atoms with E-state index in [1.807, 2.05) is 6.07 Å². The van der Waals surface area contributed by atoms with Crippen LogP contribution in [0.25, 0.3) is 0 Å². The average molecular weight is 456 g/mol. The summed E-state index contributed by atoms with van der Waals surface area (Å²) in [5.74, 6) is -0.0210. The van der Waals surface area contributed by atoms with E-state index in [1.54, 1.807) is 41.3 Å². The zero-order valence-electron chi connectivity index (χ0n) is 19.6. The van der Waals surface area contributed by atoms with Crippen LogP contribution in [0.4, 0.5) is 10.5 Å². The van der Waals surface area contributed by atoms with Gasteiger partial charge < -0.3 is 19.4 Å². The van der Waals surface area contributed by atoms with Gasteiger partial charge in [0.1, 0.15) is 0 Å². The maximum absolute atomic E-state index is 12.5. The molecule has 3 rings (SSSR count). The maximum Gasteiger partial charge on any atom is 0.416 e. The van der Waals surface area contributed by atoms with Crippen LogP contribution in [-0.2, 0) is 4.43 Å². The zero-order chi connectivity index (χ0) is 23.4. The molecule has 2 aromatic rings. The molecule has 0 unspecified atom stereocenters. The summed E-state index contributed by atoms with van der Waals surface area (Å²) in [4.78, 5) is 30.6. The molecule has 0 saturated carbocycles. The Labute approximate surface area is 191 Å². The number of anilines is 1. The molecule has 1 aliphatic heterocycles. The molecule has 1 fully saturated rings. The molecule has 0 bridgehead atoms. The first-order chi connectivity index (χ1) is 15.0. The summed E-state index contributed by atoms with van der Waals surface area (Å²) >= 11 is 0. The summed E-state index contributed by atoms with van der Waals surface area (Å²) < 4.78 is 11.9. The highest BCUT2D eigenvalue weighted by molar-refractivity contribution is 6.74. The molecule has 0 spiro atoms. The van der Waals surface area contributed by atoms with Crippen LogP contribution in [0.2, 0.25) is 18.1 Å². The first kappa shape index (κ1) is 23.9. The molecule has 8 heteroatoms. The minimum Gasteiger partial charge on any atom is -0.414 e. The van der Waals surface area contributed by atoms with Gasteiger partial charge in [-0.25, -0.2) is 9.78 Å². The van der Waals surface area contributed by atoms with Gasteiger partial charge in [0.15, 0.2) is 8.32 Å². The fraction of sp³-hybridized carbons (Fsp3) is 0.458. The Bertz CT molecular complexity index is 919. The highest BCUT2D eigenvalue weighted by Crippen LogP contribution is 2.38. The number of likely N-dealkylation sites (tertiary alicyclic amines) is 1. The van der Waals surface area contributed by atoms with Crippen molar-refractivity contribution >= 4 is 26.0 Å². The third-order valence-electron chi connectivity index (χ3n) is 6.19. The van der Waals surface area contributed by atoms with Crippen molar-refractivity contribution in [1.82, 2.24) is 9.88 Å². The van der Waals surface area contributed by atoms with Crippen molar-refractivity contribution < 1.29 is 18.8 Å². The number of carbonyl (C=O) groups is 2. The second-order valence-corrected chi connectivity index (χ2v) is 14.4. The number of hydrogen-bond donors (Lipinski definition) is 1. The molecule has 1 saturated heterocycles. The Hall–Kier alpha value is -2.71. The summed E-state index contributed by atoms with van der Waals surface area (Å²) in [6, 6.07) is 12.2. The smallest absolute Gasteiger partial charge is 0.414 e. The summed E-state index contributed by atoms with van der Waals surface area (Å²) in [6.45, 7) is 12.4. The molecule has 1 N–H and O–H groups in total. The first-order valence-electron chi connectivity index (χ1n) is 11.0. The Balaban J connectivity index is 1.48. The predicted molar refractivity (Wildman–Crippen MR) is 128 cm³/mol. The fourth-order valence-corrected chi connectivity index (χ4v) is 4.63. The zero-order valence-corrected chi connectivity index (χ0v) is 20.6. The molecular formula is C24H33N3O4Si. The lowest BCUT2D eigenvalue weighted by Gasteiger charge is -2.41. The number of hydrogen-bond acceptors (Lipinski definition) is 5. The molecule has 172 valence electrons. The van der Waals surface area contributed by atoms with E-state index in [4.69, 9.17) is 9.16 Å². The number of carbonyl (C=O) groups excluding carboxylic acids is 2. The van der Waals surface area contributed by atoms with Gasteiger partial charge in [-0.15, -0.1) is 0 Å². The number of benzene rings is 1. The highest BCUT2D eigenvalue weighted by Gasteiger charge is 2.40. The monoisotopic (exact) mass is 455 g/mol. The number of pyridine rings is 1. The number of ether oxygens (including phenoxy) is 1. The van der Waals surface area contributed by atoms with Gasteiger partial charge in [-0.2, -0.15) is 0 Å².